The summed E-state index contributed by atoms with van der Waals surface area (Å²) in [5.74, 6) is -0.0774. The largest absolute Gasteiger partial charge is 0.462 e. The molecule has 2 rings (SSSR count). The van der Waals surface area contributed by atoms with Gasteiger partial charge in [-0.15, -0.1) is 0 Å². The predicted molar refractivity (Wildman–Crippen MR) is 69.1 cm³/mol. The molecule has 0 spiro atoms. The Bertz CT molecular complexity index is 286. The first-order valence-corrected chi connectivity index (χ1v) is 7.08. The zero-order chi connectivity index (χ0) is 13.2. The van der Waals surface area contributed by atoms with Crippen molar-refractivity contribution in [3.05, 3.63) is 0 Å². The van der Waals surface area contributed by atoms with E-state index in [4.69, 9.17) is 15.2 Å². The number of hydrogen-bond donors (Lipinski definition) is 1. The zero-order valence-electron chi connectivity index (χ0n) is 11.5. The Hall–Kier alpha value is -0.610. The van der Waals surface area contributed by atoms with Crippen LogP contribution in [0.25, 0.3) is 0 Å². The highest BCUT2D eigenvalue weighted by molar-refractivity contribution is 5.70. The summed E-state index contributed by atoms with van der Waals surface area (Å²) in [7, 11) is 0. The second-order valence-corrected chi connectivity index (χ2v) is 6.08. The van der Waals surface area contributed by atoms with Gasteiger partial charge in [0.2, 0.25) is 0 Å². The average Bonchev–Trinajstić information content (AvgIpc) is 2.21. The van der Waals surface area contributed by atoms with E-state index in [0.29, 0.717) is 13.0 Å². The van der Waals surface area contributed by atoms with Crippen LogP contribution in [0.15, 0.2) is 0 Å². The lowest BCUT2D eigenvalue weighted by atomic mass is 9.67. The lowest BCUT2D eigenvalue weighted by Crippen LogP contribution is -2.41. The highest BCUT2D eigenvalue weighted by atomic mass is 16.6. The molecule has 0 aromatic carbocycles. The van der Waals surface area contributed by atoms with Crippen molar-refractivity contribution in [1.82, 2.24) is 0 Å². The molecule has 0 aromatic heterocycles. The van der Waals surface area contributed by atoms with Gasteiger partial charge in [-0.2, -0.15) is 0 Å². The molecule has 1 aliphatic heterocycles. The highest BCUT2D eigenvalue weighted by Gasteiger charge is 2.39. The summed E-state index contributed by atoms with van der Waals surface area (Å²) in [4.78, 5) is 12.0. The van der Waals surface area contributed by atoms with E-state index in [-0.39, 0.29) is 29.7 Å². The van der Waals surface area contributed by atoms with Crippen LogP contribution in [0, 0.1) is 5.41 Å². The van der Waals surface area contributed by atoms with E-state index in [0.717, 1.165) is 25.7 Å². The molecule has 2 aliphatic rings. The molecule has 4 heteroatoms. The average molecular weight is 255 g/mol. The first-order valence-electron chi connectivity index (χ1n) is 7.08. The minimum absolute atomic E-state index is 0.0196. The monoisotopic (exact) mass is 255 g/mol. The molecular weight excluding hydrogens is 230 g/mol. The Labute approximate surface area is 109 Å². The molecule has 1 saturated heterocycles. The lowest BCUT2D eigenvalue weighted by Gasteiger charge is -2.40. The third-order valence-electron chi connectivity index (χ3n) is 4.32. The van der Waals surface area contributed by atoms with E-state index in [1.807, 2.05) is 13.8 Å². The quantitative estimate of drug-likeness (QED) is 0.781. The van der Waals surface area contributed by atoms with Gasteiger partial charge in [0, 0.05) is 12.8 Å². The van der Waals surface area contributed by atoms with Crippen LogP contribution in [0.1, 0.15) is 52.4 Å². The number of hydrogen-bond acceptors (Lipinski definition) is 4. The first-order chi connectivity index (χ1) is 8.53. The van der Waals surface area contributed by atoms with Gasteiger partial charge < -0.3 is 15.2 Å². The molecule has 2 atom stereocenters. The van der Waals surface area contributed by atoms with Crippen molar-refractivity contribution in [2.24, 2.45) is 11.1 Å². The number of nitrogens with two attached hydrogens (primary N) is 1. The molecule has 0 bridgehead atoms. The maximum Gasteiger partial charge on any atom is 0.306 e. The summed E-state index contributed by atoms with van der Waals surface area (Å²) in [6.07, 6.45) is 5.82. The van der Waals surface area contributed by atoms with Crippen LogP contribution < -0.4 is 5.73 Å². The van der Waals surface area contributed by atoms with Gasteiger partial charge >= 0.3 is 5.97 Å². The second kappa shape index (κ2) is 5.57. The molecule has 1 heterocycles. The second-order valence-electron chi connectivity index (χ2n) is 6.08. The zero-order valence-corrected chi connectivity index (χ0v) is 11.5. The molecule has 2 unspecified atom stereocenters. The van der Waals surface area contributed by atoms with E-state index in [1.165, 1.54) is 6.42 Å². The van der Waals surface area contributed by atoms with Gasteiger partial charge in [0.15, 0.2) is 0 Å². The smallest absolute Gasteiger partial charge is 0.306 e. The van der Waals surface area contributed by atoms with Crippen molar-refractivity contribution in [2.45, 2.75) is 70.7 Å². The van der Waals surface area contributed by atoms with Crippen molar-refractivity contribution in [1.29, 1.82) is 0 Å². The summed E-state index contributed by atoms with van der Waals surface area (Å²) in [5, 5.41) is 0. The minimum atomic E-state index is -0.0774. The summed E-state index contributed by atoms with van der Waals surface area (Å²) in [6, 6.07) is 0. The Morgan fingerprint density at radius 1 is 1.33 bits per heavy atom. The van der Waals surface area contributed by atoms with Crippen molar-refractivity contribution >= 4 is 5.97 Å². The van der Waals surface area contributed by atoms with E-state index in [2.05, 4.69) is 0 Å². The number of rotatable bonds is 4. The van der Waals surface area contributed by atoms with Crippen LogP contribution in [0.4, 0.5) is 0 Å². The fourth-order valence-corrected chi connectivity index (χ4v) is 3.10. The standard InChI is InChI=1S/C14H25NO3/c1-10-6-12(7-11(2)17-10)18-13(16)8-14(9-15)4-3-5-14/h10-12H,3-9,15H2,1-2H3. The van der Waals surface area contributed by atoms with Gasteiger partial charge in [-0.05, 0) is 38.6 Å². The van der Waals surface area contributed by atoms with E-state index < -0.39 is 0 Å². The fourth-order valence-electron chi connectivity index (χ4n) is 3.10. The number of carbonyl (C=O) groups is 1. The number of carbonyl (C=O) groups excluding carboxylic acids is 1. The molecule has 4 nitrogen and oxygen atoms in total. The molecule has 104 valence electrons. The summed E-state index contributed by atoms with van der Waals surface area (Å²) < 4.78 is 11.2. The van der Waals surface area contributed by atoms with Crippen LogP contribution >= 0.6 is 0 Å². The third kappa shape index (κ3) is 3.23. The van der Waals surface area contributed by atoms with Crippen LogP contribution in [0.3, 0.4) is 0 Å². The Morgan fingerprint density at radius 3 is 2.39 bits per heavy atom. The van der Waals surface area contributed by atoms with Crippen LogP contribution in [-0.2, 0) is 14.3 Å². The van der Waals surface area contributed by atoms with Gasteiger partial charge in [-0.3, -0.25) is 4.79 Å². The van der Waals surface area contributed by atoms with E-state index in [9.17, 15) is 4.79 Å². The molecule has 2 fully saturated rings. The molecule has 1 aliphatic carbocycles. The minimum Gasteiger partial charge on any atom is -0.462 e. The Kier molecular flexibility index (Phi) is 4.28. The normalized spacial score (nSPS) is 34.7. The highest BCUT2D eigenvalue weighted by Crippen LogP contribution is 2.43. The topological polar surface area (TPSA) is 61.5 Å². The number of esters is 1. The maximum atomic E-state index is 12.0. The van der Waals surface area contributed by atoms with Crippen molar-refractivity contribution in [3.8, 4) is 0 Å². The van der Waals surface area contributed by atoms with E-state index >= 15 is 0 Å². The third-order valence-corrected chi connectivity index (χ3v) is 4.32. The van der Waals surface area contributed by atoms with Crippen molar-refractivity contribution < 1.29 is 14.3 Å². The molecule has 0 aromatic rings. The van der Waals surface area contributed by atoms with Gasteiger partial charge in [-0.1, -0.05) is 6.42 Å². The molecular formula is C14H25NO3. The lowest BCUT2D eigenvalue weighted by molar-refractivity contribution is -0.163. The van der Waals surface area contributed by atoms with Gasteiger partial charge in [0.1, 0.15) is 6.10 Å². The van der Waals surface area contributed by atoms with Gasteiger partial charge in [-0.25, -0.2) is 0 Å². The predicted octanol–water partition coefficient (Wildman–Crippen LogP) is 2.00. The summed E-state index contributed by atoms with van der Waals surface area (Å²) in [6.45, 7) is 4.66. The molecule has 18 heavy (non-hydrogen) atoms. The van der Waals surface area contributed by atoms with E-state index in [1.54, 1.807) is 0 Å². The van der Waals surface area contributed by atoms with Crippen molar-refractivity contribution in [2.75, 3.05) is 6.54 Å². The molecule has 0 amide bonds. The maximum absolute atomic E-state index is 12.0. The van der Waals surface area contributed by atoms with Crippen LogP contribution in [-0.4, -0.2) is 30.8 Å². The first kappa shape index (κ1) is 13.8. The Balaban J connectivity index is 1.80. The SMILES string of the molecule is CC1CC(OC(=O)CC2(CN)CCC2)CC(C)O1. The van der Waals surface area contributed by atoms with Crippen LogP contribution in [0.5, 0.6) is 0 Å². The fraction of sp³-hybridized carbons (Fsp3) is 0.929. The van der Waals surface area contributed by atoms with Gasteiger partial charge in [0.25, 0.3) is 0 Å². The summed E-state index contributed by atoms with van der Waals surface area (Å²) >= 11 is 0. The summed E-state index contributed by atoms with van der Waals surface area (Å²) in [5.41, 5.74) is 5.81. The molecule has 0 radical (unpaired) electrons. The number of ether oxygens (including phenoxy) is 2. The Morgan fingerprint density at radius 2 is 1.94 bits per heavy atom. The van der Waals surface area contributed by atoms with Crippen LogP contribution in [0.2, 0.25) is 0 Å². The van der Waals surface area contributed by atoms with Gasteiger partial charge in [0.05, 0.1) is 18.6 Å². The molecule has 1 saturated carbocycles. The van der Waals surface area contributed by atoms with Crippen molar-refractivity contribution in [3.63, 3.8) is 0 Å². The molecule has 2 N–H and O–H groups in total.